The smallest absolute Gasteiger partial charge is 0.320 e. The number of amides is 2. The van der Waals surface area contributed by atoms with E-state index in [0.717, 1.165) is 35.2 Å². The zero-order chi connectivity index (χ0) is 32.3. The summed E-state index contributed by atoms with van der Waals surface area (Å²) in [6.45, 7) is 2.77. The van der Waals surface area contributed by atoms with E-state index in [1.807, 2.05) is 55.4 Å². The number of halogens is 2. The van der Waals surface area contributed by atoms with Gasteiger partial charge in [0, 0.05) is 63.1 Å². The summed E-state index contributed by atoms with van der Waals surface area (Å²) < 4.78 is 63.0. The highest BCUT2D eigenvalue weighted by atomic mass is 32.2. The summed E-state index contributed by atoms with van der Waals surface area (Å²) in [6, 6.07) is 11.6. The largest absolute Gasteiger partial charge is 0.383 e. The molecule has 1 unspecified atom stereocenters. The Morgan fingerprint density at radius 2 is 1.89 bits per heavy atom. The Balaban J connectivity index is 1.43. The molecule has 12 nitrogen and oxygen atoms in total. The van der Waals surface area contributed by atoms with Crippen molar-refractivity contribution in [2.75, 3.05) is 44.9 Å². The summed E-state index contributed by atoms with van der Waals surface area (Å²) in [7, 11) is -0.156. The van der Waals surface area contributed by atoms with Gasteiger partial charge in [0.05, 0.1) is 30.8 Å². The van der Waals surface area contributed by atoms with Crippen molar-refractivity contribution in [3.63, 3.8) is 0 Å². The van der Waals surface area contributed by atoms with Crippen LogP contribution in [0.2, 0.25) is 0 Å². The van der Waals surface area contributed by atoms with Gasteiger partial charge in [0.2, 0.25) is 10.0 Å². The Morgan fingerprint density at radius 1 is 1.13 bits per heavy atom. The summed E-state index contributed by atoms with van der Waals surface area (Å²) in [5.74, 6) is -1.95. The molecule has 3 heterocycles. The van der Waals surface area contributed by atoms with Crippen molar-refractivity contribution in [2.45, 2.75) is 24.9 Å². The van der Waals surface area contributed by atoms with E-state index in [0.29, 0.717) is 30.2 Å². The summed E-state index contributed by atoms with van der Waals surface area (Å²) in [6.07, 6.45) is 4.60. The van der Waals surface area contributed by atoms with Crippen LogP contribution < -0.4 is 15.4 Å². The van der Waals surface area contributed by atoms with Gasteiger partial charge in [0.25, 0.3) is 0 Å². The summed E-state index contributed by atoms with van der Waals surface area (Å²) in [4.78, 5) is 15.6. The fraction of sp³-hybridized carbons (Fsp3) is 0.367. The van der Waals surface area contributed by atoms with Crippen LogP contribution >= 0.6 is 0 Å². The first-order chi connectivity index (χ1) is 21.4. The van der Waals surface area contributed by atoms with Crippen LogP contribution in [0.5, 0.6) is 0 Å². The molecule has 1 aliphatic heterocycles. The van der Waals surface area contributed by atoms with E-state index >= 15 is 0 Å². The average Bonchev–Trinajstić information content (AvgIpc) is 3.70. The van der Waals surface area contributed by atoms with Crippen molar-refractivity contribution in [1.29, 1.82) is 0 Å². The third-order valence-electron chi connectivity index (χ3n) is 7.83. The third kappa shape index (κ3) is 7.56. The second-order valence-electron chi connectivity index (χ2n) is 11.1. The molecule has 240 valence electrons. The minimum absolute atomic E-state index is 0.0721. The lowest BCUT2D eigenvalue weighted by Crippen LogP contribution is -2.47. The van der Waals surface area contributed by atoms with E-state index in [-0.39, 0.29) is 19.2 Å². The number of ether oxygens (including phenoxy) is 1. The molecule has 0 aliphatic carbocycles. The minimum Gasteiger partial charge on any atom is -0.383 e. The topological polar surface area (TPSA) is 135 Å². The molecule has 0 bridgehead atoms. The second-order valence-corrected chi connectivity index (χ2v) is 13.0. The van der Waals surface area contributed by atoms with Crippen LogP contribution in [0.4, 0.5) is 19.4 Å². The number of sulfonamides is 1. The Hall–Kier alpha value is -4.18. The van der Waals surface area contributed by atoms with Crippen LogP contribution in [0.1, 0.15) is 17.0 Å². The fourth-order valence-corrected chi connectivity index (χ4v) is 6.12. The van der Waals surface area contributed by atoms with Crippen molar-refractivity contribution in [3.8, 4) is 16.9 Å². The van der Waals surface area contributed by atoms with E-state index in [4.69, 9.17) is 9.84 Å². The van der Waals surface area contributed by atoms with Crippen LogP contribution in [0, 0.1) is 18.6 Å². The molecule has 1 fully saturated rings. The molecule has 3 N–H and O–H groups in total. The molecule has 15 heteroatoms. The van der Waals surface area contributed by atoms with E-state index < -0.39 is 39.6 Å². The molecule has 5 rings (SSSR count). The van der Waals surface area contributed by atoms with Gasteiger partial charge in [-0.05, 0) is 36.8 Å². The maximum absolute atomic E-state index is 14.3. The number of urea groups is 1. The van der Waals surface area contributed by atoms with E-state index in [2.05, 4.69) is 20.5 Å². The Morgan fingerprint density at radius 3 is 2.53 bits per heavy atom. The standard InChI is InChI=1S/C30H36F2N8O4S/c1-19-28(21-13-33-38(2)15-21)37-40(22-8-6-5-7-9-22)29(19)36-30(41)35-27-17-39(23(18-44-3)14-34-45(4,42)43)16-24(27)20-10-11-25(31)26(32)12-20/h5-13,15,23-24,27,34H,14,16-18H2,1-4H3,(H2,35,36,41)/t23?,24-,27+/m0/s1. The number of anilines is 1. The number of aromatic nitrogens is 4. The van der Waals surface area contributed by atoms with E-state index in [1.165, 1.54) is 13.2 Å². The number of para-hydroxylation sites is 1. The van der Waals surface area contributed by atoms with E-state index in [9.17, 15) is 22.0 Å². The van der Waals surface area contributed by atoms with Gasteiger partial charge in [0.1, 0.15) is 11.5 Å². The molecule has 3 atom stereocenters. The minimum atomic E-state index is -3.47. The Bertz CT molecular complexity index is 1760. The number of rotatable bonds is 11. The monoisotopic (exact) mass is 642 g/mol. The van der Waals surface area contributed by atoms with Gasteiger partial charge in [-0.2, -0.15) is 10.2 Å². The second kappa shape index (κ2) is 13.4. The molecule has 0 radical (unpaired) electrons. The normalized spacial score (nSPS) is 17.8. The lowest BCUT2D eigenvalue weighted by molar-refractivity contribution is 0.105. The van der Waals surface area contributed by atoms with Gasteiger partial charge >= 0.3 is 6.03 Å². The molecular formula is C30H36F2N8O4S. The van der Waals surface area contributed by atoms with Crippen LogP contribution in [0.15, 0.2) is 60.9 Å². The van der Waals surface area contributed by atoms with Crippen molar-refractivity contribution < 1.29 is 26.7 Å². The number of nitrogens with zero attached hydrogens (tertiary/aromatic N) is 5. The lowest BCUT2D eigenvalue weighted by atomic mass is 9.94. The van der Waals surface area contributed by atoms with Gasteiger partial charge in [-0.25, -0.2) is 31.4 Å². The fourth-order valence-electron chi connectivity index (χ4n) is 5.62. The summed E-state index contributed by atoms with van der Waals surface area (Å²) in [5.41, 5.74) is 3.38. The van der Waals surface area contributed by atoms with Gasteiger partial charge in [-0.1, -0.05) is 24.3 Å². The predicted molar refractivity (Wildman–Crippen MR) is 166 cm³/mol. The van der Waals surface area contributed by atoms with Gasteiger partial charge < -0.3 is 10.1 Å². The quantitative estimate of drug-likeness (QED) is 0.229. The van der Waals surface area contributed by atoms with Crippen molar-refractivity contribution in [2.24, 2.45) is 7.05 Å². The van der Waals surface area contributed by atoms with Gasteiger partial charge in [0.15, 0.2) is 11.6 Å². The Kier molecular flexibility index (Phi) is 9.62. The molecule has 45 heavy (non-hydrogen) atoms. The molecule has 0 saturated carbocycles. The van der Waals surface area contributed by atoms with Crippen molar-refractivity contribution in [3.05, 3.63) is 83.7 Å². The number of likely N-dealkylation sites (tertiary alicyclic amines) is 1. The number of carbonyl (C=O) groups is 1. The number of benzene rings is 2. The molecule has 2 amide bonds. The van der Waals surface area contributed by atoms with E-state index in [1.54, 1.807) is 15.6 Å². The highest BCUT2D eigenvalue weighted by Crippen LogP contribution is 2.32. The van der Waals surface area contributed by atoms with Crippen molar-refractivity contribution in [1.82, 2.24) is 34.5 Å². The number of nitrogens with one attached hydrogen (secondary N) is 3. The molecule has 2 aromatic carbocycles. The molecular weight excluding hydrogens is 606 g/mol. The van der Waals surface area contributed by atoms with Gasteiger partial charge in [-0.3, -0.25) is 14.9 Å². The molecule has 4 aromatic rings. The third-order valence-corrected chi connectivity index (χ3v) is 8.52. The Labute approximate surface area is 260 Å². The average molecular weight is 643 g/mol. The first-order valence-electron chi connectivity index (χ1n) is 14.3. The maximum Gasteiger partial charge on any atom is 0.320 e. The van der Waals surface area contributed by atoms with Gasteiger partial charge in [-0.15, -0.1) is 0 Å². The number of hydrogen-bond acceptors (Lipinski definition) is 7. The first-order valence-corrected chi connectivity index (χ1v) is 16.2. The molecule has 1 aliphatic rings. The lowest BCUT2D eigenvalue weighted by Gasteiger charge is -2.27. The maximum atomic E-state index is 14.3. The number of methoxy groups -OCH3 is 1. The molecule has 1 saturated heterocycles. The van der Waals surface area contributed by atoms with Crippen LogP contribution in [-0.2, 0) is 21.8 Å². The van der Waals surface area contributed by atoms with Crippen molar-refractivity contribution >= 4 is 21.9 Å². The number of aryl methyl sites for hydroxylation is 1. The summed E-state index contributed by atoms with van der Waals surface area (Å²) >= 11 is 0. The van der Waals surface area contributed by atoms with Crippen LogP contribution in [-0.4, -0.2) is 90.6 Å². The molecule has 2 aromatic heterocycles. The SMILES string of the molecule is COCC(CNS(C)(=O)=O)N1C[C@@H](NC(=O)Nc2c(C)c(-c3cnn(C)c3)nn2-c2ccccc2)[C@H](c2ccc(F)c(F)c2)C1. The highest BCUT2D eigenvalue weighted by molar-refractivity contribution is 7.88. The number of hydrogen-bond donors (Lipinski definition) is 3. The first kappa shape index (κ1) is 32.2. The molecule has 0 spiro atoms. The number of carbonyl (C=O) groups excluding carboxylic acids is 1. The predicted octanol–water partition coefficient (Wildman–Crippen LogP) is 3.01. The summed E-state index contributed by atoms with van der Waals surface area (Å²) in [5, 5.41) is 15.0. The zero-order valence-corrected chi connectivity index (χ0v) is 26.2. The highest BCUT2D eigenvalue weighted by Gasteiger charge is 2.38. The zero-order valence-electron chi connectivity index (χ0n) is 25.4. The van der Waals surface area contributed by atoms with Crippen LogP contribution in [0.25, 0.3) is 16.9 Å². The van der Waals surface area contributed by atoms with Crippen LogP contribution in [0.3, 0.4) is 0 Å².